The number of nitrogen functional groups attached to an aromatic ring is 2. The maximum atomic E-state index is 11.9. The minimum absolute atomic E-state index is 0.0330. The molecule has 0 amide bonds. The van der Waals surface area contributed by atoms with Gasteiger partial charge in [-0.1, -0.05) is 60.7 Å². The van der Waals surface area contributed by atoms with E-state index in [-0.39, 0.29) is 23.4 Å². The third-order valence-electron chi connectivity index (χ3n) is 8.69. The maximum Gasteiger partial charge on any atom is 0.476 e. The van der Waals surface area contributed by atoms with Gasteiger partial charge in [0, 0.05) is 22.9 Å². The van der Waals surface area contributed by atoms with E-state index in [9.17, 15) is 57.0 Å². The molecule has 8 atom stereocenters. The maximum absolute atomic E-state index is 11.9. The monoisotopic (exact) mass is 1040 g/mol. The van der Waals surface area contributed by atoms with E-state index in [1.54, 1.807) is 24.3 Å². The van der Waals surface area contributed by atoms with Gasteiger partial charge in [-0.3, -0.25) is 27.9 Å². The summed E-state index contributed by atoms with van der Waals surface area (Å²) in [7, 11) is -33.8. The van der Waals surface area contributed by atoms with Crippen LogP contribution in [0.25, 0.3) is 32.7 Å². The van der Waals surface area contributed by atoms with E-state index in [4.69, 9.17) is 30.9 Å². The van der Waals surface area contributed by atoms with E-state index in [2.05, 4.69) is 61.8 Å². The number of aliphatic hydroxyl groups is 1. The molecule has 1 aliphatic rings. The van der Waals surface area contributed by atoms with Crippen molar-refractivity contribution in [2.45, 2.75) is 38.7 Å². The second-order valence-electron chi connectivity index (χ2n) is 13.6. The average molecular weight is 1040 g/mol. The van der Waals surface area contributed by atoms with Crippen LogP contribution in [0.2, 0.25) is 0 Å². The van der Waals surface area contributed by atoms with Gasteiger partial charge in [-0.25, -0.2) is 41.3 Å². The number of aromatic nitrogens is 4. The predicted octanol–water partition coefficient (Wildman–Crippen LogP) is 2.49. The zero-order chi connectivity index (χ0) is 49.0. The first-order chi connectivity index (χ1) is 30.4. The highest BCUT2D eigenvalue weighted by molar-refractivity contribution is 7.68. The van der Waals surface area contributed by atoms with Crippen LogP contribution in [0.5, 0.6) is 0 Å². The Morgan fingerprint density at radius 3 is 1.89 bits per heavy atom. The molecule has 3 heterocycles. The largest absolute Gasteiger partial charge is 0.756 e. The van der Waals surface area contributed by atoms with Crippen molar-refractivity contribution in [1.29, 1.82) is 0 Å². The molecule has 1 aliphatic heterocycles. The number of ether oxygens (including phenoxy) is 1. The normalized spacial score (nSPS) is 20.9. The third-order valence-corrected chi connectivity index (χ3v) is 16.2. The standard InChI is InChI=1S/C11H14NO9P3.C11H11N.C10H16N5O12P3/c1-8-4-2-6-10-9(8)5-3-7-11(10)12-22(13,14)20-24(18,19)21-23(15,16)17;1-8-4-2-6-10-9(8)5-3-7-11(10)12;11-9-8-10(13-3-12-9)15(4-14-8)7-1-5(16)6(25-7)2-24-29(20,21)27-30(22,23)26-28(17,18)19/h2-7H,1H3,(H,18,19)(H2,12,13,14)(H2,15,16,17);2-7H,12H2,1H3;3-7,16H,1-2H2,(H,20,21)(H,22,23)(H2,11,12,13)(H2,17,18,19)/p-4/t;;5?,6-,7-/m..1/s1. The predicted molar refractivity (Wildman–Crippen MR) is 224 cm³/mol. The van der Waals surface area contributed by atoms with Gasteiger partial charge in [0.05, 0.1) is 24.7 Å². The van der Waals surface area contributed by atoms with Gasteiger partial charge in [0.2, 0.25) is 0 Å². The van der Waals surface area contributed by atoms with E-state index >= 15 is 0 Å². The molecule has 0 saturated carbocycles. The molecule has 66 heavy (non-hydrogen) atoms. The van der Waals surface area contributed by atoms with Crippen LogP contribution in [-0.2, 0) is 53.9 Å². The van der Waals surface area contributed by atoms with Gasteiger partial charge < -0.3 is 65.0 Å². The Labute approximate surface area is 372 Å². The molecule has 2 aromatic heterocycles. The first kappa shape index (κ1) is 53.1. The summed E-state index contributed by atoms with van der Waals surface area (Å²) in [4.78, 5) is 91.1. The lowest BCUT2D eigenvalue weighted by atomic mass is 10.0. The number of nitrogens with two attached hydrogens (primary N) is 2. The van der Waals surface area contributed by atoms with Gasteiger partial charge in [-0.05, 0) is 47.9 Å². The van der Waals surface area contributed by atoms with E-state index in [0.29, 0.717) is 11.0 Å². The van der Waals surface area contributed by atoms with Gasteiger partial charge in [-0.15, -0.1) is 0 Å². The van der Waals surface area contributed by atoms with Crippen LogP contribution < -0.4 is 36.1 Å². The zero-order valence-electron chi connectivity index (χ0n) is 33.6. The van der Waals surface area contributed by atoms with Gasteiger partial charge in [-0.2, -0.15) is 0 Å². The Hall–Kier alpha value is -3.87. The Bertz CT molecular complexity index is 2980. The Kier molecular flexibility index (Phi) is 16.7. The highest BCUT2D eigenvalue weighted by atomic mass is 31.3. The number of phosphoric acid groups is 5. The lowest BCUT2D eigenvalue weighted by molar-refractivity contribution is -0.242. The molecule has 0 aliphatic carbocycles. The fourth-order valence-electron chi connectivity index (χ4n) is 6.08. The SMILES string of the molecule is Cc1cccc2c(N)cccc12.Cc1cccc2c(NP(=O)(O)OP(=O)([O-])OP(=O)([O-])O)cccc12.Nc1ncnc2c1ncn2[C@H]1CC(O)[C@@H](COP(=O)([O-])OP(=O)([O-])OP(=O)(O)O)O1. The van der Waals surface area contributed by atoms with Crippen molar-refractivity contribution in [3.63, 3.8) is 0 Å². The van der Waals surface area contributed by atoms with Crippen molar-refractivity contribution in [1.82, 2.24) is 19.5 Å². The van der Waals surface area contributed by atoms with Crippen LogP contribution in [0.4, 0.5) is 17.2 Å². The minimum Gasteiger partial charge on any atom is -0.756 e. The van der Waals surface area contributed by atoms with Gasteiger partial charge in [0.1, 0.15) is 24.2 Å². The minimum atomic E-state index is -5.95. The number of hydrogen-bond acceptors (Lipinski definition) is 22. The summed E-state index contributed by atoms with van der Waals surface area (Å²) in [5.41, 5.74) is 15.2. The van der Waals surface area contributed by atoms with E-state index < -0.39 is 71.9 Å². The first-order valence-electron chi connectivity index (χ1n) is 18.1. The molecular weight excluding hydrogens is 1000 g/mol. The molecule has 1 fully saturated rings. The molecule has 0 spiro atoms. The topological polar surface area (TPSA) is 459 Å². The number of aliphatic hydroxyl groups excluding tert-OH is 1. The number of hydrogen-bond donors (Lipinski definition) is 8. The number of imidazole rings is 1. The number of rotatable bonds is 14. The summed E-state index contributed by atoms with van der Waals surface area (Å²) in [5, 5.41) is 15.7. The van der Waals surface area contributed by atoms with Crippen LogP contribution in [0, 0.1) is 13.8 Å². The number of phosphoric ester groups is 1. The van der Waals surface area contributed by atoms with E-state index in [1.807, 2.05) is 36.3 Å². The number of fused-ring (bicyclic) bond motifs is 3. The van der Waals surface area contributed by atoms with Crippen LogP contribution in [-0.4, -0.2) is 63.0 Å². The Morgan fingerprint density at radius 1 is 0.727 bits per heavy atom. The highest BCUT2D eigenvalue weighted by Crippen LogP contribution is 2.63. The summed E-state index contributed by atoms with van der Waals surface area (Å²) in [5.74, 6) is 0.112. The smallest absolute Gasteiger partial charge is 0.476 e. The highest BCUT2D eigenvalue weighted by Gasteiger charge is 2.38. The molecule has 6 aromatic rings. The quantitative estimate of drug-likeness (QED) is 0.0574. The Balaban J connectivity index is 0.000000201. The molecule has 0 radical (unpaired) electrons. The number of nitrogens with one attached hydrogen (secondary N) is 1. The van der Waals surface area contributed by atoms with Crippen LogP contribution in [0.15, 0.2) is 85.5 Å². The van der Waals surface area contributed by atoms with Crippen molar-refractivity contribution >= 4 is 96.8 Å². The molecular formula is C32H37N7O21P6-4. The molecule has 10 N–H and O–H groups in total. The fraction of sp³-hybridized carbons (Fsp3) is 0.219. The van der Waals surface area contributed by atoms with Crippen molar-refractivity contribution in [3.05, 3.63) is 96.6 Å². The lowest BCUT2D eigenvalue weighted by Gasteiger charge is -2.31. The number of benzene rings is 4. The van der Waals surface area contributed by atoms with Crippen LogP contribution in [0.1, 0.15) is 23.8 Å². The first-order valence-corrected chi connectivity index (χ1v) is 27.0. The summed E-state index contributed by atoms with van der Waals surface area (Å²) < 4.78 is 92.1. The fourth-order valence-corrected chi connectivity index (χ4v) is 12.2. The summed E-state index contributed by atoms with van der Waals surface area (Å²) >= 11 is 0. The number of nitrogens with zero attached hydrogens (tertiary/aromatic N) is 4. The van der Waals surface area contributed by atoms with Crippen molar-refractivity contribution < 1.29 is 98.1 Å². The third kappa shape index (κ3) is 15.1. The molecule has 1 saturated heterocycles. The molecule has 4 aromatic carbocycles. The number of aryl methyl sites for hydroxylation is 2. The zero-order valence-corrected chi connectivity index (χ0v) is 39.0. The van der Waals surface area contributed by atoms with Crippen LogP contribution >= 0.6 is 46.9 Å². The van der Waals surface area contributed by atoms with Gasteiger partial charge in [0.25, 0.3) is 31.3 Å². The summed E-state index contributed by atoms with van der Waals surface area (Å²) in [6, 6.07) is 22.0. The molecule has 6 unspecified atom stereocenters. The summed E-state index contributed by atoms with van der Waals surface area (Å²) in [6.45, 7) is 3.04. The van der Waals surface area contributed by atoms with Crippen LogP contribution in [0.3, 0.4) is 0 Å². The van der Waals surface area contributed by atoms with E-state index in [1.165, 1.54) is 34.2 Å². The average Bonchev–Trinajstić information content (AvgIpc) is 3.76. The van der Waals surface area contributed by atoms with Crippen molar-refractivity contribution in [3.8, 4) is 0 Å². The number of anilines is 3. The molecule has 28 nitrogen and oxygen atoms in total. The van der Waals surface area contributed by atoms with Crippen molar-refractivity contribution in [2.24, 2.45) is 0 Å². The second-order valence-corrected chi connectivity index (χ2v) is 22.3. The van der Waals surface area contributed by atoms with Gasteiger partial charge >= 0.3 is 15.6 Å². The lowest BCUT2D eigenvalue weighted by Crippen LogP contribution is -2.27. The second kappa shape index (κ2) is 20.8. The van der Waals surface area contributed by atoms with Gasteiger partial charge in [0.15, 0.2) is 11.5 Å². The van der Waals surface area contributed by atoms with Crippen molar-refractivity contribution in [2.75, 3.05) is 23.2 Å². The van der Waals surface area contributed by atoms with E-state index in [0.717, 1.165) is 22.0 Å². The molecule has 7 rings (SSSR count). The molecule has 34 heteroatoms. The summed E-state index contributed by atoms with van der Waals surface area (Å²) in [6.07, 6.45) is -0.847. The molecule has 0 bridgehead atoms. The Morgan fingerprint density at radius 2 is 1.29 bits per heavy atom. The molecule has 360 valence electrons.